The molecule has 26 heavy (non-hydrogen) atoms. The molecular weight excluding hydrogens is 353 g/mol. The minimum atomic E-state index is -4.40. The van der Waals surface area contributed by atoms with Crippen molar-refractivity contribution in [2.75, 3.05) is 20.2 Å². The molecular formula is C17H21F3N2O4. The fourth-order valence-electron chi connectivity index (χ4n) is 2.86. The molecule has 1 N–H and O–H groups in total. The van der Waals surface area contributed by atoms with Gasteiger partial charge < -0.3 is 19.6 Å². The summed E-state index contributed by atoms with van der Waals surface area (Å²) in [5.74, 6) is -0.490. The highest BCUT2D eigenvalue weighted by atomic mass is 19.4. The Morgan fingerprint density at radius 2 is 1.92 bits per heavy atom. The van der Waals surface area contributed by atoms with Crippen molar-refractivity contribution in [3.05, 3.63) is 29.8 Å². The predicted octanol–water partition coefficient (Wildman–Crippen LogP) is 1.57. The van der Waals surface area contributed by atoms with Gasteiger partial charge in [-0.1, -0.05) is 12.1 Å². The fourth-order valence-corrected chi connectivity index (χ4v) is 2.86. The number of benzene rings is 1. The third-order valence-electron chi connectivity index (χ3n) is 4.09. The first-order valence-corrected chi connectivity index (χ1v) is 8.05. The second kappa shape index (κ2) is 7.94. The molecule has 1 aliphatic heterocycles. The van der Waals surface area contributed by atoms with Gasteiger partial charge in [0.1, 0.15) is 11.8 Å². The van der Waals surface area contributed by atoms with Crippen molar-refractivity contribution in [3.8, 4) is 5.75 Å². The second-order valence-electron chi connectivity index (χ2n) is 6.32. The molecule has 0 unspecified atom stereocenters. The average Bonchev–Trinajstić information content (AvgIpc) is 2.95. The van der Waals surface area contributed by atoms with E-state index in [1.807, 2.05) is 0 Å². The summed E-state index contributed by atoms with van der Waals surface area (Å²) in [5, 5.41) is 9.72. The van der Waals surface area contributed by atoms with E-state index in [4.69, 9.17) is 0 Å². The molecule has 1 fully saturated rings. The molecule has 1 aromatic rings. The summed E-state index contributed by atoms with van der Waals surface area (Å²) in [7, 11) is 1.57. The lowest BCUT2D eigenvalue weighted by molar-refractivity contribution is -0.153. The van der Waals surface area contributed by atoms with Crippen LogP contribution in [-0.2, 0) is 16.1 Å². The summed E-state index contributed by atoms with van der Waals surface area (Å²) in [6, 6.07) is 5.24. The maximum absolute atomic E-state index is 12.6. The van der Waals surface area contributed by atoms with Gasteiger partial charge in [0.05, 0.1) is 6.10 Å². The van der Waals surface area contributed by atoms with Gasteiger partial charge in [0.2, 0.25) is 11.8 Å². The van der Waals surface area contributed by atoms with Crippen LogP contribution in [0.15, 0.2) is 24.3 Å². The predicted molar refractivity (Wildman–Crippen MR) is 86.3 cm³/mol. The molecule has 1 aromatic carbocycles. The van der Waals surface area contributed by atoms with Gasteiger partial charge in [-0.2, -0.15) is 13.2 Å². The van der Waals surface area contributed by atoms with Crippen LogP contribution in [-0.4, -0.2) is 65.2 Å². The van der Waals surface area contributed by atoms with Crippen molar-refractivity contribution >= 4 is 11.8 Å². The van der Waals surface area contributed by atoms with Crippen LogP contribution < -0.4 is 4.74 Å². The Bertz CT molecular complexity index is 648. The molecule has 0 radical (unpaired) electrons. The number of alkyl halides is 3. The van der Waals surface area contributed by atoms with Crippen LogP contribution in [0.4, 0.5) is 13.2 Å². The Morgan fingerprint density at radius 1 is 1.31 bits per heavy atom. The van der Waals surface area contributed by atoms with Gasteiger partial charge in [-0.25, -0.2) is 0 Å². The van der Waals surface area contributed by atoms with Crippen molar-refractivity contribution < 1.29 is 32.6 Å². The number of rotatable bonds is 5. The van der Waals surface area contributed by atoms with E-state index in [0.29, 0.717) is 5.56 Å². The van der Waals surface area contributed by atoms with Crippen molar-refractivity contribution in [2.45, 2.75) is 38.2 Å². The third-order valence-corrected chi connectivity index (χ3v) is 4.09. The van der Waals surface area contributed by atoms with Gasteiger partial charge >= 0.3 is 6.18 Å². The molecule has 144 valence electrons. The van der Waals surface area contributed by atoms with Gasteiger partial charge in [-0.15, -0.1) is 0 Å². The molecule has 0 saturated carbocycles. The summed E-state index contributed by atoms with van der Waals surface area (Å²) in [5.41, 5.74) is 0.702. The number of ether oxygens (including phenoxy) is 1. The van der Waals surface area contributed by atoms with E-state index in [9.17, 15) is 27.9 Å². The summed E-state index contributed by atoms with van der Waals surface area (Å²) in [4.78, 5) is 26.9. The van der Waals surface area contributed by atoms with E-state index in [-0.39, 0.29) is 37.1 Å². The quantitative estimate of drug-likeness (QED) is 0.849. The Kier molecular flexibility index (Phi) is 6.12. The molecule has 0 spiro atoms. The van der Waals surface area contributed by atoms with Gasteiger partial charge in [0.15, 0.2) is 6.61 Å². The number of carbonyl (C=O) groups is 2. The largest absolute Gasteiger partial charge is 0.484 e. The first-order chi connectivity index (χ1) is 12.1. The number of aliphatic hydroxyl groups is 1. The van der Waals surface area contributed by atoms with Crippen LogP contribution >= 0.6 is 0 Å². The topological polar surface area (TPSA) is 70.1 Å². The molecule has 1 saturated heterocycles. The number of hydrogen-bond donors (Lipinski definition) is 1. The zero-order chi connectivity index (χ0) is 19.5. The van der Waals surface area contributed by atoms with Crippen molar-refractivity contribution in [3.63, 3.8) is 0 Å². The van der Waals surface area contributed by atoms with E-state index in [0.717, 1.165) is 0 Å². The number of β-amino-alcohol motifs (C(OH)–C–C–N with tert-alkyl or cyclic N) is 1. The van der Waals surface area contributed by atoms with Gasteiger partial charge in [0, 0.05) is 33.5 Å². The highest BCUT2D eigenvalue weighted by Crippen LogP contribution is 2.22. The summed E-state index contributed by atoms with van der Waals surface area (Å²) >= 11 is 0. The first kappa shape index (κ1) is 20.0. The third kappa shape index (κ3) is 5.35. The molecule has 9 heteroatoms. The van der Waals surface area contributed by atoms with E-state index in [1.165, 1.54) is 28.9 Å². The smallest absolute Gasteiger partial charge is 0.422 e. The number of amides is 2. The van der Waals surface area contributed by atoms with E-state index in [1.54, 1.807) is 19.2 Å². The van der Waals surface area contributed by atoms with Crippen LogP contribution in [0.1, 0.15) is 18.9 Å². The zero-order valence-electron chi connectivity index (χ0n) is 14.5. The van der Waals surface area contributed by atoms with Crippen molar-refractivity contribution in [2.24, 2.45) is 0 Å². The molecule has 1 aliphatic rings. The minimum absolute atomic E-state index is 0.0849. The van der Waals surface area contributed by atoms with Crippen LogP contribution in [0.3, 0.4) is 0 Å². The number of hydrogen-bond acceptors (Lipinski definition) is 4. The lowest BCUT2D eigenvalue weighted by atomic mass is 10.1. The number of aliphatic hydroxyl groups excluding tert-OH is 1. The van der Waals surface area contributed by atoms with Crippen LogP contribution in [0.25, 0.3) is 0 Å². The summed E-state index contributed by atoms with van der Waals surface area (Å²) in [6.45, 7) is 0.329. The molecule has 0 aromatic heterocycles. The fraction of sp³-hybridized carbons (Fsp3) is 0.529. The minimum Gasteiger partial charge on any atom is -0.484 e. The van der Waals surface area contributed by atoms with Gasteiger partial charge in [-0.05, 0) is 17.7 Å². The maximum Gasteiger partial charge on any atom is 0.422 e. The van der Waals surface area contributed by atoms with Crippen molar-refractivity contribution in [1.29, 1.82) is 0 Å². The lowest BCUT2D eigenvalue weighted by Crippen LogP contribution is -2.45. The molecule has 1 heterocycles. The standard InChI is InChI=1S/C17H21F3N2O4/c1-11(23)22-9-13(24)7-15(22)16(25)21(2)8-12-3-5-14(6-4-12)26-10-17(18,19)20/h3-6,13,15,24H,7-10H2,1-2H3/t13-,15+/m0/s1. The van der Waals surface area contributed by atoms with E-state index in [2.05, 4.69) is 4.74 Å². The molecule has 2 rings (SSSR count). The Morgan fingerprint density at radius 3 is 2.46 bits per heavy atom. The maximum atomic E-state index is 12.6. The van der Waals surface area contributed by atoms with Crippen LogP contribution in [0.2, 0.25) is 0 Å². The molecule has 2 amide bonds. The molecule has 0 aliphatic carbocycles. The van der Waals surface area contributed by atoms with Crippen LogP contribution in [0, 0.1) is 0 Å². The monoisotopic (exact) mass is 374 g/mol. The van der Waals surface area contributed by atoms with Crippen molar-refractivity contribution in [1.82, 2.24) is 9.80 Å². The average molecular weight is 374 g/mol. The zero-order valence-corrected chi connectivity index (χ0v) is 14.5. The highest BCUT2D eigenvalue weighted by molar-refractivity contribution is 5.87. The Balaban J connectivity index is 1.95. The van der Waals surface area contributed by atoms with Gasteiger partial charge in [0.25, 0.3) is 0 Å². The van der Waals surface area contributed by atoms with Gasteiger partial charge in [-0.3, -0.25) is 9.59 Å². The number of carbonyl (C=O) groups excluding carboxylic acids is 2. The number of likely N-dealkylation sites (tertiary alicyclic amines) is 1. The normalized spacial score (nSPS) is 20.2. The first-order valence-electron chi connectivity index (χ1n) is 8.05. The highest BCUT2D eigenvalue weighted by Gasteiger charge is 2.38. The number of nitrogens with zero attached hydrogens (tertiary/aromatic N) is 2. The summed E-state index contributed by atoms with van der Waals surface area (Å²) < 4.78 is 41.0. The molecule has 2 atom stereocenters. The summed E-state index contributed by atoms with van der Waals surface area (Å²) in [6.07, 6.45) is -4.95. The van der Waals surface area contributed by atoms with E-state index < -0.39 is 24.9 Å². The van der Waals surface area contributed by atoms with Crippen LogP contribution in [0.5, 0.6) is 5.75 Å². The SMILES string of the molecule is CC(=O)N1C[C@@H](O)C[C@@H]1C(=O)N(C)Cc1ccc(OCC(F)(F)F)cc1. The molecule has 6 nitrogen and oxygen atoms in total. The Hall–Kier alpha value is -2.29. The van der Waals surface area contributed by atoms with E-state index >= 15 is 0 Å². The second-order valence-corrected chi connectivity index (χ2v) is 6.32. The number of likely N-dealkylation sites (N-methyl/N-ethyl adjacent to an activating group) is 1. The Labute approximate surface area is 149 Å². The number of halogens is 3. The lowest BCUT2D eigenvalue weighted by Gasteiger charge is -2.27. The molecule has 0 bridgehead atoms.